The molecule has 1 saturated carbocycles. The summed E-state index contributed by atoms with van der Waals surface area (Å²) in [4.78, 5) is 0. The van der Waals surface area contributed by atoms with Crippen molar-refractivity contribution in [1.82, 2.24) is 0 Å². The maximum absolute atomic E-state index is 2.38. The van der Waals surface area contributed by atoms with Gasteiger partial charge in [-0.25, -0.2) is 0 Å². The van der Waals surface area contributed by atoms with Gasteiger partial charge in [-0.1, -0.05) is 0 Å². The van der Waals surface area contributed by atoms with E-state index >= 15 is 0 Å². The fraction of sp³-hybridized carbons (Fsp3) is 1.00. The van der Waals surface area contributed by atoms with Gasteiger partial charge >= 0.3 is 74.0 Å². The van der Waals surface area contributed by atoms with E-state index in [0.29, 0.717) is 21.2 Å². The molecule has 3 atom stereocenters. The molecule has 0 aromatic rings. The molecule has 0 amide bonds. The fourth-order valence-corrected chi connectivity index (χ4v) is 6.70. The molecule has 2 saturated heterocycles. The first-order chi connectivity index (χ1) is 4.90. The zero-order valence-electron chi connectivity index (χ0n) is 6.65. The number of halogens is 1. The van der Waals surface area contributed by atoms with Crippen LogP contribution in [0.25, 0.3) is 0 Å². The van der Waals surface area contributed by atoms with Crippen LogP contribution in [0.2, 0.25) is 0 Å². The molecule has 0 spiro atoms. The van der Waals surface area contributed by atoms with Gasteiger partial charge in [0.2, 0.25) is 0 Å². The Bertz CT molecular complexity index is 114. The summed E-state index contributed by atoms with van der Waals surface area (Å²) < 4.78 is 2.91. The van der Waals surface area contributed by atoms with Crippen molar-refractivity contribution in [3.05, 3.63) is 0 Å². The van der Waals surface area contributed by atoms with Crippen LogP contribution >= 0.6 is 0 Å². The summed E-state index contributed by atoms with van der Waals surface area (Å²) in [5.41, 5.74) is 0. The molecule has 1 heteroatoms. The van der Waals surface area contributed by atoms with Crippen molar-refractivity contribution in [3.8, 4) is 0 Å². The van der Waals surface area contributed by atoms with Gasteiger partial charge in [-0.3, -0.25) is 0 Å². The third kappa shape index (κ3) is 1.21. The Hall–Kier alpha value is 0.730. The summed E-state index contributed by atoms with van der Waals surface area (Å²) in [6, 6.07) is 0. The molecule has 0 nitrogen and oxygen atoms in total. The molecule has 0 aromatic carbocycles. The van der Waals surface area contributed by atoms with E-state index in [9.17, 15) is 0 Å². The molecule has 1 aliphatic carbocycles. The molecule has 3 fully saturated rings. The van der Waals surface area contributed by atoms with Gasteiger partial charge in [0.25, 0.3) is 0 Å². The Balaban J connectivity index is 2.01. The quantitative estimate of drug-likeness (QED) is 0.426. The molecular formula is C9H16I-. The second kappa shape index (κ2) is 3.00. The predicted octanol–water partition coefficient (Wildman–Crippen LogP) is -0.716. The molecule has 2 aliphatic heterocycles. The third-order valence-corrected chi connectivity index (χ3v) is 7.12. The predicted molar refractivity (Wildman–Crippen MR) is 39.8 cm³/mol. The van der Waals surface area contributed by atoms with Crippen molar-refractivity contribution in [1.29, 1.82) is 0 Å². The Labute approximate surface area is 74.0 Å². The van der Waals surface area contributed by atoms with Crippen molar-refractivity contribution >= 4 is 0 Å². The summed E-state index contributed by atoms with van der Waals surface area (Å²) in [7, 11) is 0. The normalized spacial score (nSPS) is 46.7. The van der Waals surface area contributed by atoms with Crippen LogP contribution in [0.15, 0.2) is 0 Å². The van der Waals surface area contributed by atoms with E-state index in [2.05, 4.69) is 6.92 Å². The Kier molecular flexibility index (Phi) is 2.21. The van der Waals surface area contributed by atoms with E-state index in [1.807, 2.05) is 0 Å². The molecule has 0 radical (unpaired) electrons. The topological polar surface area (TPSA) is 0 Å². The first-order valence-corrected chi connectivity index (χ1v) is 7.25. The average molecular weight is 251 g/mol. The van der Waals surface area contributed by atoms with Crippen LogP contribution in [0.1, 0.15) is 32.6 Å². The SMILES string of the molecule is CCC1CC2CC[C@H]1C[I-]2. The van der Waals surface area contributed by atoms with Gasteiger partial charge in [0, 0.05) is 0 Å². The van der Waals surface area contributed by atoms with E-state index in [1.165, 1.54) is 16.3 Å². The van der Waals surface area contributed by atoms with Crippen LogP contribution < -0.4 is 21.2 Å². The molecule has 2 unspecified atom stereocenters. The monoisotopic (exact) mass is 251 g/mol. The summed E-state index contributed by atoms with van der Waals surface area (Å²) >= 11 is 0.665. The van der Waals surface area contributed by atoms with Crippen LogP contribution in [0, 0.1) is 11.8 Å². The molecule has 2 bridgehead atoms. The van der Waals surface area contributed by atoms with E-state index in [4.69, 9.17) is 0 Å². The number of hydrogen-bond donors (Lipinski definition) is 0. The number of rotatable bonds is 1. The number of alkyl halides is 2. The van der Waals surface area contributed by atoms with Crippen LogP contribution in [0.5, 0.6) is 0 Å². The first kappa shape index (κ1) is 7.38. The van der Waals surface area contributed by atoms with Gasteiger partial charge in [-0.2, -0.15) is 0 Å². The second-order valence-corrected chi connectivity index (χ2v) is 7.17. The van der Waals surface area contributed by atoms with Crippen LogP contribution in [0.4, 0.5) is 0 Å². The van der Waals surface area contributed by atoms with Crippen molar-refractivity contribution in [3.63, 3.8) is 0 Å². The summed E-state index contributed by atoms with van der Waals surface area (Å²) in [6.07, 6.45) is 6.27. The molecule has 3 rings (SSSR count). The molecule has 3 aliphatic rings. The average Bonchev–Trinajstić information content (AvgIpc) is 2.06. The molecule has 0 N–H and O–H groups in total. The molecule has 10 heavy (non-hydrogen) atoms. The van der Waals surface area contributed by atoms with Crippen molar-refractivity contribution in [2.45, 2.75) is 36.5 Å². The van der Waals surface area contributed by atoms with Gasteiger partial charge in [0.15, 0.2) is 0 Å². The van der Waals surface area contributed by atoms with Gasteiger partial charge < -0.3 is 0 Å². The van der Waals surface area contributed by atoms with Crippen LogP contribution in [-0.4, -0.2) is 8.35 Å². The fourth-order valence-electron chi connectivity index (χ4n) is 2.35. The van der Waals surface area contributed by atoms with Crippen LogP contribution in [-0.2, 0) is 0 Å². The van der Waals surface area contributed by atoms with Crippen molar-refractivity contribution in [2.24, 2.45) is 11.8 Å². The zero-order valence-corrected chi connectivity index (χ0v) is 8.80. The summed E-state index contributed by atoms with van der Waals surface area (Å²) in [5.74, 6) is 2.33. The van der Waals surface area contributed by atoms with Gasteiger partial charge in [-0.15, -0.1) is 0 Å². The molecule has 0 aromatic heterocycles. The molecule has 2 heterocycles. The van der Waals surface area contributed by atoms with Gasteiger partial charge in [-0.05, 0) is 0 Å². The van der Waals surface area contributed by atoms with E-state index in [-0.39, 0.29) is 0 Å². The third-order valence-electron chi connectivity index (χ3n) is 3.11. The van der Waals surface area contributed by atoms with E-state index in [0.717, 1.165) is 5.92 Å². The zero-order chi connectivity index (χ0) is 6.97. The Morgan fingerprint density at radius 1 is 1.40 bits per heavy atom. The van der Waals surface area contributed by atoms with E-state index in [1.54, 1.807) is 23.7 Å². The standard InChI is InChI=1S/C9H16I/c1-2-7-5-9-4-3-8(7)6-10-9/h7-9H,2-6H2,1H3/q-1/t7?,8-,9?/m0/s1. The molecule has 60 valence electrons. The van der Waals surface area contributed by atoms with Gasteiger partial charge in [0.05, 0.1) is 0 Å². The van der Waals surface area contributed by atoms with E-state index < -0.39 is 0 Å². The minimum absolute atomic E-state index is 0.665. The molecular weight excluding hydrogens is 235 g/mol. The van der Waals surface area contributed by atoms with Gasteiger partial charge in [0.1, 0.15) is 0 Å². The Morgan fingerprint density at radius 2 is 2.30 bits per heavy atom. The van der Waals surface area contributed by atoms with Crippen LogP contribution in [0.3, 0.4) is 0 Å². The Morgan fingerprint density at radius 3 is 2.60 bits per heavy atom. The van der Waals surface area contributed by atoms with Crippen molar-refractivity contribution in [2.75, 3.05) is 4.43 Å². The van der Waals surface area contributed by atoms with Crippen molar-refractivity contribution < 1.29 is 21.2 Å². The summed E-state index contributed by atoms with van der Waals surface area (Å²) in [5, 5.41) is 0. The summed E-state index contributed by atoms with van der Waals surface area (Å²) in [6.45, 7) is 2.38. The maximum atomic E-state index is 2.38. The number of fused-ring (bicyclic) bond motifs is 3. The minimum atomic E-state index is 0.665. The number of hydrogen-bond acceptors (Lipinski definition) is 0. The first-order valence-electron chi connectivity index (χ1n) is 4.48. The second-order valence-electron chi connectivity index (χ2n) is 3.65.